The molecule has 0 aromatic carbocycles. The van der Waals surface area contributed by atoms with Gasteiger partial charge in [0.25, 0.3) is 0 Å². The van der Waals surface area contributed by atoms with Gasteiger partial charge in [0.15, 0.2) is 0 Å². The maximum Gasteiger partial charge on any atom is 0.317 e. The lowest BCUT2D eigenvalue weighted by Gasteiger charge is -2.35. The van der Waals surface area contributed by atoms with Gasteiger partial charge in [-0.2, -0.15) is 0 Å². The molecule has 0 radical (unpaired) electrons. The lowest BCUT2D eigenvalue weighted by atomic mass is 9.98. The molecule has 1 aromatic heterocycles. The molecule has 6 heteroatoms. The minimum absolute atomic E-state index is 0.0209. The maximum absolute atomic E-state index is 12.4. The quantitative estimate of drug-likeness (QED) is 0.868. The van der Waals surface area contributed by atoms with E-state index in [1.807, 2.05) is 4.90 Å². The fraction of sp³-hybridized carbons (Fsp3) is 0.647. The number of carbonyl (C=O) groups is 2. The van der Waals surface area contributed by atoms with Crippen molar-refractivity contribution in [3.05, 3.63) is 22.4 Å². The van der Waals surface area contributed by atoms with Crippen LogP contribution in [0.5, 0.6) is 0 Å². The van der Waals surface area contributed by atoms with Gasteiger partial charge < -0.3 is 15.1 Å². The van der Waals surface area contributed by atoms with Gasteiger partial charge in [0.1, 0.15) is 0 Å². The number of thiophene rings is 1. The number of urea groups is 1. The van der Waals surface area contributed by atoms with Crippen LogP contribution >= 0.6 is 11.3 Å². The molecule has 1 fully saturated rings. The Labute approximate surface area is 142 Å². The first kappa shape index (κ1) is 17.8. The van der Waals surface area contributed by atoms with Crippen LogP contribution in [0, 0.1) is 0 Å². The van der Waals surface area contributed by atoms with Crippen LogP contribution < -0.4 is 5.32 Å². The molecule has 5 nitrogen and oxygen atoms in total. The molecule has 2 heterocycles. The molecule has 0 unspecified atom stereocenters. The Morgan fingerprint density at radius 2 is 2.22 bits per heavy atom. The van der Waals surface area contributed by atoms with Gasteiger partial charge in [-0.25, -0.2) is 4.79 Å². The van der Waals surface area contributed by atoms with Crippen LogP contribution in [0.1, 0.15) is 37.0 Å². The van der Waals surface area contributed by atoms with E-state index in [9.17, 15) is 9.59 Å². The maximum atomic E-state index is 12.4. The molecule has 23 heavy (non-hydrogen) atoms. The predicted molar refractivity (Wildman–Crippen MR) is 93.7 cm³/mol. The second-order valence-electron chi connectivity index (χ2n) is 6.23. The van der Waals surface area contributed by atoms with Crippen LogP contribution in [-0.2, 0) is 11.2 Å². The zero-order valence-electron chi connectivity index (χ0n) is 14.1. The van der Waals surface area contributed by atoms with Gasteiger partial charge in [0, 0.05) is 44.5 Å². The number of rotatable bonds is 6. The molecule has 1 N–H and O–H groups in total. The Hall–Kier alpha value is -1.56. The molecule has 1 saturated heterocycles. The summed E-state index contributed by atoms with van der Waals surface area (Å²) in [6.07, 6.45) is 5.75. The fourth-order valence-corrected chi connectivity index (χ4v) is 3.66. The molecule has 3 amide bonds. The highest BCUT2D eigenvalue weighted by atomic mass is 32.1. The monoisotopic (exact) mass is 337 g/mol. The minimum atomic E-state index is -0.0209. The van der Waals surface area contributed by atoms with Gasteiger partial charge in [0.2, 0.25) is 5.91 Å². The number of nitrogens with zero attached hydrogens (tertiary/aromatic N) is 2. The van der Waals surface area contributed by atoms with Gasteiger partial charge in [-0.15, -0.1) is 11.3 Å². The molecule has 0 aliphatic carbocycles. The minimum Gasteiger partial charge on any atom is -0.349 e. The first-order valence-corrected chi connectivity index (χ1v) is 9.23. The van der Waals surface area contributed by atoms with Gasteiger partial charge in [-0.1, -0.05) is 6.07 Å². The van der Waals surface area contributed by atoms with Crippen LogP contribution in [0.25, 0.3) is 0 Å². The lowest BCUT2D eigenvalue weighted by molar-refractivity contribution is -0.128. The van der Waals surface area contributed by atoms with E-state index in [0.717, 1.165) is 32.2 Å². The van der Waals surface area contributed by atoms with Crippen LogP contribution in [0.4, 0.5) is 4.79 Å². The van der Waals surface area contributed by atoms with Crippen molar-refractivity contribution in [2.75, 3.05) is 27.2 Å². The molecule has 2 rings (SSSR count). The van der Waals surface area contributed by atoms with Crippen molar-refractivity contribution in [2.45, 2.75) is 44.6 Å². The third kappa shape index (κ3) is 5.53. The molecular weight excluding hydrogens is 310 g/mol. The van der Waals surface area contributed by atoms with Gasteiger partial charge in [-0.3, -0.25) is 4.79 Å². The first-order chi connectivity index (χ1) is 11.1. The summed E-state index contributed by atoms with van der Waals surface area (Å²) in [4.78, 5) is 28.9. The van der Waals surface area contributed by atoms with E-state index in [2.05, 4.69) is 22.8 Å². The van der Waals surface area contributed by atoms with Crippen molar-refractivity contribution >= 4 is 23.3 Å². The van der Waals surface area contributed by atoms with E-state index in [-0.39, 0.29) is 11.9 Å². The molecule has 1 aliphatic rings. The summed E-state index contributed by atoms with van der Waals surface area (Å²) >= 11 is 1.78. The van der Waals surface area contributed by atoms with Gasteiger partial charge in [0.05, 0.1) is 0 Å². The fourth-order valence-electron chi connectivity index (χ4n) is 2.93. The molecule has 0 saturated carbocycles. The summed E-state index contributed by atoms with van der Waals surface area (Å²) in [5, 5.41) is 5.00. The zero-order chi connectivity index (χ0) is 16.7. The number of piperidine rings is 1. The number of hydrogen-bond donors (Lipinski definition) is 1. The number of carbonyl (C=O) groups excluding carboxylic acids is 2. The second kappa shape index (κ2) is 8.91. The Kier molecular flexibility index (Phi) is 6.89. The highest BCUT2D eigenvalue weighted by molar-refractivity contribution is 7.09. The highest BCUT2D eigenvalue weighted by Crippen LogP contribution is 2.22. The summed E-state index contributed by atoms with van der Waals surface area (Å²) in [7, 11) is 3.46. The molecule has 0 bridgehead atoms. The van der Waals surface area contributed by atoms with E-state index in [1.54, 1.807) is 30.3 Å². The molecule has 1 aliphatic heterocycles. The summed E-state index contributed by atoms with van der Waals surface area (Å²) in [6, 6.07) is 4.53. The largest absolute Gasteiger partial charge is 0.349 e. The molecule has 128 valence electrons. The number of aryl methyl sites for hydroxylation is 1. The Morgan fingerprint density at radius 1 is 1.39 bits per heavy atom. The van der Waals surface area contributed by atoms with Crippen molar-refractivity contribution in [1.82, 2.24) is 15.1 Å². The number of nitrogens with one attached hydrogen (secondary N) is 1. The van der Waals surface area contributed by atoms with Crippen molar-refractivity contribution in [3.63, 3.8) is 0 Å². The topological polar surface area (TPSA) is 52.7 Å². The summed E-state index contributed by atoms with van der Waals surface area (Å²) in [5.41, 5.74) is 0. The third-order valence-electron chi connectivity index (χ3n) is 4.31. The van der Waals surface area contributed by atoms with E-state index < -0.39 is 0 Å². The Bertz CT molecular complexity index is 502. The molecule has 0 spiro atoms. The lowest BCUT2D eigenvalue weighted by Crippen LogP contribution is -2.49. The van der Waals surface area contributed by atoms with Crippen LogP contribution in [0.15, 0.2) is 17.5 Å². The summed E-state index contributed by atoms with van der Waals surface area (Å²) < 4.78 is 0. The zero-order valence-corrected chi connectivity index (χ0v) is 14.9. The van der Waals surface area contributed by atoms with Crippen molar-refractivity contribution in [3.8, 4) is 0 Å². The number of likely N-dealkylation sites (tertiary alicyclic amines) is 1. The van der Waals surface area contributed by atoms with Crippen molar-refractivity contribution < 1.29 is 9.59 Å². The predicted octanol–water partition coefficient (Wildman–Crippen LogP) is 2.72. The van der Waals surface area contributed by atoms with Crippen LogP contribution in [0.3, 0.4) is 0 Å². The summed E-state index contributed by atoms with van der Waals surface area (Å²) in [6.45, 7) is 1.23. The Balaban J connectivity index is 1.79. The average molecular weight is 337 g/mol. The SMILES string of the molecule is CN(C)C(=O)CCNC(=O)N1CCCC[C@@H]1CCc1cccs1. The first-order valence-electron chi connectivity index (χ1n) is 8.35. The van der Waals surface area contributed by atoms with Gasteiger partial charge in [-0.05, 0) is 43.6 Å². The average Bonchev–Trinajstić information content (AvgIpc) is 3.06. The molecule has 1 atom stereocenters. The third-order valence-corrected chi connectivity index (χ3v) is 5.24. The van der Waals surface area contributed by atoms with E-state index in [4.69, 9.17) is 0 Å². The number of amides is 3. The van der Waals surface area contributed by atoms with E-state index in [1.165, 1.54) is 11.3 Å². The van der Waals surface area contributed by atoms with Crippen LogP contribution in [-0.4, -0.2) is 55.0 Å². The van der Waals surface area contributed by atoms with Crippen molar-refractivity contribution in [1.29, 1.82) is 0 Å². The van der Waals surface area contributed by atoms with Crippen LogP contribution in [0.2, 0.25) is 0 Å². The van der Waals surface area contributed by atoms with E-state index >= 15 is 0 Å². The molecular formula is C17H27N3O2S. The van der Waals surface area contributed by atoms with Crippen molar-refractivity contribution in [2.24, 2.45) is 0 Å². The Morgan fingerprint density at radius 3 is 2.91 bits per heavy atom. The normalized spacial score (nSPS) is 17.8. The van der Waals surface area contributed by atoms with E-state index in [0.29, 0.717) is 19.0 Å². The summed E-state index contributed by atoms with van der Waals surface area (Å²) in [5.74, 6) is 0.0400. The number of hydrogen-bond acceptors (Lipinski definition) is 3. The smallest absolute Gasteiger partial charge is 0.317 e. The standard InChI is InChI=1S/C17H27N3O2S/c1-19(2)16(21)10-11-18-17(22)20-12-4-3-6-14(20)8-9-15-7-5-13-23-15/h5,7,13-14H,3-4,6,8-12H2,1-2H3,(H,18,22)/t14-/m1/s1. The second-order valence-corrected chi connectivity index (χ2v) is 7.26. The molecule has 1 aromatic rings. The highest BCUT2D eigenvalue weighted by Gasteiger charge is 2.26. The van der Waals surface area contributed by atoms with Gasteiger partial charge >= 0.3 is 6.03 Å².